The number of nitrogens with two attached hydrogens (primary N) is 1. The molecule has 0 aromatic carbocycles. The van der Waals surface area contributed by atoms with E-state index in [0.29, 0.717) is 28.2 Å². The minimum Gasteiger partial charge on any atom is -0.384 e. The van der Waals surface area contributed by atoms with Crippen molar-refractivity contribution in [1.29, 1.82) is 0 Å². The van der Waals surface area contributed by atoms with E-state index in [0.717, 1.165) is 6.20 Å². The highest BCUT2D eigenvalue weighted by Crippen LogP contribution is 2.31. The van der Waals surface area contributed by atoms with Crippen LogP contribution in [0.1, 0.15) is 0 Å². The van der Waals surface area contributed by atoms with E-state index in [1.807, 2.05) is 0 Å². The minimum absolute atomic E-state index is 0.349. The van der Waals surface area contributed by atoms with Crippen molar-refractivity contribution < 1.29 is 4.39 Å². The molecule has 98 valence electrons. The molecule has 0 aliphatic heterocycles. The van der Waals surface area contributed by atoms with Crippen molar-refractivity contribution in [3.8, 4) is 22.4 Å². The van der Waals surface area contributed by atoms with Crippen LogP contribution in [0.15, 0.2) is 49.3 Å². The van der Waals surface area contributed by atoms with E-state index in [4.69, 9.17) is 5.73 Å². The van der Waals surface area contributed by atoms with Gasteiger partial charge in [0.1, 0.15) is 18.0 Å². The van der Waals surface area contributed by atoms with E-state index >= 15 is 0 Å². The van der Waals surface area contributed by atoms with Gasteiger partial charge in [-0.1, -0.05) is 0 Å². The Morgan fingerprint density at radius 2 is 1.70 bits per heavy atom. The Balaban J connectivity index is 2.25. The van der Waals surface area contributed by atoms with Crippen molar-refractivity contribution in [2.45, 2.75) is 0 Å². The van der Waals surface area contributed by atoms with Gasteiger partial charge in [-0.05, 0) is 18.2 Å². The van der Waals surface area contributed by atoms with E-state index in [1.165, 1.54) is 12.5 Å². The molecule has 0 aliphatic rings. The first kappa shape index (κ1) is 12.2. The first-order valence-electron chi connectivity index (χ1n) is 5.87. The Morgan fingerprint density at radius 3 is 2.45 bits per heavy atom. The van der Waals surface area contributed by atoms with Crippen molar-refractivity contribution in [2.24, 2.45) is 0 Å². The van der Waals surface area contributed by atoms with Gasteiger partial charge in [0.25, 0.3) is 0 Å². The lowest BCUT2D eigenvalue weighted by Gasteiger charge is -2.10. The van der Waals surface area contributed by atoms with Gasteiger partial charge in [0.2, 0.25) is 0 Å². The van der Waals surface area contributed by atoms with Crippen LogP contribution in [-0.2, 0) is 0 Å². The Labute approximate surface area is 114 Å². The molecule has 20 heavy (non-hydrogen) atoms. The maximum absolute atomic E-state index is 13.9. The van der Waals surface area contributed by atoms with E-state index in [2.05, 4.69) is 19.9 Å². The molecule has 3 aromatic heterocycles. The van der Waals surface area contributed by atoms with Crippen LogP contribution in [0.4, 0.5) is 10.2 Å². The van der Waals surface area contributed by atoms with Crippen LogP contribution in [0.5, 0.6) is 0 Å². The van der Waals surface area contributed by atoms with Gasteiger partial charge in [0.15, 0.2) is 0 Å². The highest BCUT2D eigenvalue weighted by atomic mass is 19.1. The second-order valence-corrected chi connectivity index (χ2v) is 4.11. The molecule has 0 bridgehead atoms. The monoisotopic (exact) mass is 267 g/mol. The topological polar surface area (TPSA) is 77.6 Å². The second-order valence-electron chi connectivity index (χ2n) is 4.11. The summed E-state index contributed by atoms with van der Waals surface area (Å²) in [4.78, 5) is 15.9. The van der Waals surface area contributed by atoms with Crippen LogP contribution in [-0.4, -0.2) is 19.9 Å². The van der Waals surface area contributed by atoms with E-state index in [-0.39, 0.29) is 0 Å². The van der Waals surface area contributed by atoms with E-state index in [1.54, 1.807) is 30.6 Å². The quantitative estimate of drug-likeness (QED) is 0.771. The summed E-state index contributed by atoms with van der Waals surface area (Å²) in [6.07, 6.45) is 7.33. The molecule has 6 heteroatoms. The highest BCUT2D eigenvalue weighted by molar-refractivity contribution is 5.81. The third kappa shape index (κ3) is 2.18. The van der Waals surface area contributed by atoms with Gasteiger partial charge in [-0.25, -0.2) is 19.3 Å². The number of halogens is 1. The van der Waals surface area contributed by atoms with Gasteiger partial charge in [-0.15, -0.1) is 0 Å². The maximum Gasteiger partial charge on any atom is 0.149 e. The van der Waals surface area contributed by atoms with Crippen molar-refractivity contribution in [3.63, 3.8) is 0 Å². The molecule has 0 spiro atoms. The molecule has 3 aromatic rings. The first-order valence-corrected chi connectivity index (χ1v) is 5.87. The molecule has 3 rings (SSSR count). The van der Waals surface area contributed by atoms with Crippen LogP contribution >= 0.6 is 0 Å². The molecular weight excluding hydrogens is 257 g/mol. The van der Waals surface area contributed by atoms with E-state index < -0.39 is 5.82 Å². The fourth-order valence-corrected chi connectivity index (χ4v) is 1.93. The van der Waals surface area contributed by atoms with Gasteiger partial charge >= 0.3 is 0 Å². The number of aromatic nitrogens is 4. The summed E-state index contributed by atoms with van der Waals surface area (Å²) in [5.74, 6) is -0.0701. The van der Waals surface area contributed by atoms with Crippen LogP contribution in [0.2, 0.25) is 0 Å². The first-order chi connectivity index (χ1) is 9.75. The lowest BCUT2D eigenvalue weighted by molar-refractivity contribution is 0.625. The Hall–Kier alpha value is -2.89. The molecule has 0 atom stereocenters. The second kappa shape index (κ2) is 5.00. The van der Waals surface area contributed by atoms with Crippen molar-refractivity contribution in [1.82, 2.24) is 19.9 Å². The largest absolute Gasteiger partial charge is 0.384 e. The third-order valence-corrected chi connectivity index (χ3v) is 2.81. The molecule has 0 radical (unpaired) electrons. The summed E-state index contributed by atoms with van der Waals surface area (Å²) >= 11 is 0. The zero-order valence-corrected chi connectivity index (χ0v) is 10.4. The highest BCUT2D eigenvalue weighted by Gasteiger charge is 2.13. The van der Waals surface area contributed by atoms with Gasteiger partial charge in [-0.3, -0.25) is 4.98 Å². The molecule has 5 nitrogen and oxygen atoms in total. The number of hydrogen-bond acceptors (Lipinski definition) is 5. The average molecular weight is 267 g/mol. The van der Waals surface area contributed by atoms with Gasteiger partial charge < -0.3 is 5.73 Å². The third-order valence-electron chi connectivity index (χ3n) is 2.81. The van der Waals surface area contributed by atoms with Gasteiger partial charge in [-0.2, -0.15) is 0 Å². The molecule has 0 saturated heterocycles. The average Bonchev–Trinajstić information content (AvgIpc) is 2.49. The van der Waals surface area contributed by atoms with Crippen LogP contribution in [0, 0.1) is 5.82 Å². The number of rotatable bonds is 2. The lowest BCUT2D eigenvalue weighted by Crippen LogP contribution is -1.97. The standard InChI is InChI=1S/C14H10FN5/c15-12-7-17-4-3-10(12)11-1-2-13(16)20-14(11)9-5-18-8-19-6-9/h1-8H,(H2,16,20). The predicted molar refractivity (Wildman–Crippen MR) is 72.9 cm³/mol. The number of anilines is 1. The molecular formula is C14H10FN5. The predicted octanol–water partition coefficient (Wildman–Crippen LogP) is 2.32. The van der Waals surface area contributed by atoms with Crippen LogP contribution < -0.4 is 5.73 Å². The fourth-order valence-electron chi connectivity index (χ4n) is 1.93. The summed E-state index contributed by atoms with van der Waals surface area (Å²) < 4.78 is 13.9. The molecule has 2 N–H and O–H groups in total. The molecule has 0 unspecified atom stereocenters. The van der Waals surface area contributed by atoms with Gasteiger partial charge in [0, 0.05) is 35.3 Å². The summed E-state index contributed by atoms with van der Waals surface area (Å²) in [6.45, 7) is 0. The minimum atomic E-state index is -0.419. The van der Waals surface area contributed by atoms with Crippen molar-refractivity contribution in [3.05, 3.63) is 55.1 Å². The van der Waals surface area contributed by atoms with Crippen molar-refractivity contribution in [2.75, 3.05) is 5.73 Å². The SMILES string of the molecule is Nc1ccc(-c2ccncc2F)c(-c2cncnc2)n1. The van der Waals surface area contributed by atoms with Gasteiger partial charge in [0.05, 0.1) is 11.9 Å². The van der Waals surface area contributed by atoms with Crippen LogP contribution in [0.25, 0.3) is 22.4 Å². The summed E-state index contributed by atoms with van der Waals surface area (Å²) in [6, 6.07) is 4.95. The molecule has 0 fully saturated rings. The zero-order chi connectivity index (χ0) is 13.9. The molecule has 3 heterocycles. The fraction of sp³-hybridized carbons (Fsp3) is 0. The lowest BCUT2D eigenvalue weighted by atomic mass is 10.0. The summed E-state index contributed by atoms with van der Waals surface area (Å²) in [5, 5.41) is 0. The van der Waals surface area contributed by atoms with Crippen LogP contribution in [0.3, 0.4) is 0 Å². The zero-order valence-electron chi connectivity index (χ0n) is 10.4. The maximum atomic E-state index is 13.9. The molecule has 0 aliphatic carbocycles. The molecule has 0 saturated carbocycles. The number of nitrogens with zero attached hydrogens (tertiary/aromatic N) is 4. The number of nitrogen functional groups attached to an aromatic ring is 1. The summed E-state index contributed by atoms with van der Waals surface area (Å²) in [5.41, 5.74) is 7.96. The smallest absolute Gasteiger partial charge is 0.149 e. The Kier molecular flexibility index (Phi) is 3.04. The molecule has 0 amide bonds. The van der Waals surface area contributed by atoms with E-state index in [9.17, 15) is 4.39 Å². The van der Waals surface area contributed by atoms with Crippen molar-refractivity contribution >= 4 is 5.82 Å². The normalized spacial score (nSPS) is 10.4. The Morgan fingerprint density at radius 1 is 0.900 bits per heavy atom. The Bertz CT molecular complexity index is 746. The number of pyridine rings is 2. The summed E-state index contributed by atoms with van der Waals surface area (Å²) in [7, 11) is 0. The number of hydrogen-bond donors (Lipinski definition) is 1.